The largest absolute Gasteiger partial charge is 0.393 e. The fourth-order valence-electron chi connectivity index (χ4n) is 1.30. The predicted molar refractivity (Wildman–Crippen MR) is 50.0 cm³/mol. The number of hydrogen-bond donors (Lipinski definition) is 2. The zero-order chi connectivity index (χ0) is 9.26. The standard InChI is InChI=1S/C9H10O3S/c10-5-7-3-6-4-8(13)1-2-9(6)12-11-7/h1-2,4,7,10,13H,3,5H2. The van der Waals surface area contributed by atoms with Gasteiger partial charge in [-0.3, -0.25) is 0 Å². The third kappa shape index (κ3) is 1.80. The Bertz CT molecular complexity index is 314. The Morgan fingerprint density at radius 1 is 1.54 bits per heavy atom. The second-order valence-corrected chi connectivity index (χ2v) is 3.50. The van der Waals surface area contributed by atoms with Crippen LogP contribution in [0.5, 0.6) is 5.75 Å². The lowest BCUT2D eigenvalue weighted by molar-refractivity contribution is -0.261. The van der Waals surface area contributed by atoms with Crippen LogP contribution >= 0.6 is 12.6 Å². The van der Waals surface area contributed by atoms with Crippen LogP contribution in [0.4, 0.5) is 0 Å². The zero-order valence-electron chi connectivity index (χ0n) is 6.93. The molecule has 13 heavy (non-hydrogen) atoms. The number of rotatable bonds is 1. The van der Waals surface area contributed by atoms with Gasteiger partial charge in [0.25, 0.3) is 0 Å². The molecule has 1 atom stereocenters. The highest BCUT2D eigenvalue weighted by molar-refractivity contribution is 7.80. The van der Waals surface area contributed by atoms with Gasteiger partial charge in [-0.2, -0.15) is 4.89 Å². The van der Waals surface area contributed by atoms with Crippen molar-refractivity contribution in [2.24, 2.45) is 0 Å². The maximum Gasteiger partial charge on any atom is 0.168 e. The first kappa shape index (κ1) is 8.87. The van der Waals surface area contributed by atoms with Gasteiger partial charge in [0.1, 0.15) is 6.10 Å². The van der Waals surface area contributed by atoms with Gasteiger partial charge in [-0.15, -0.1) is 12.6 Å². The summed E-state index contributed by atoms with van der Waals surface area (Å²) in [5, 5.41) is 8.86. The molecule has 0 spiro atoms. The van der Waals surface area contributed by atoms with E-state index in [1.54, 1.807) is 0 Å². The summed E-state index contributed by atoms with van der Waals surface area (Å²) in [6.07, 6.45) is 0.405. The molecule has 1 N–H and O–H groups in total. The van der Waals surface area contributed by atoms with Gasteiger partial charge >= 0.3 is 0 Å². The Kier molecular flexibility index (Phi) is 2.44. The molecule has 3 nitrogen and oxygen atoms in total. The summed E-state index contributed by atoms with van der Waals surface area (Å²) in [6, 6.07) is 5.57. The molecule has 1 unspecified atom stereocenters. The third-order valence-electron chi connectivity index (χ3n) is 1.97. The van der Waals surface area contributed by atoms with E-state index in [0.29, 0.717) is 12.2 Å². The molecule has 1 heterocycles. The average molecular weight is 198 g/mol. The van der Waals surface area contributed by atoms with Crippen LogP contribution in [0, 0.1) is 0 Å². The normalized spacial score (nSPS) is 20.6. The van der Waals surface area contributed by atoms with E-state index in [1.807, 2.05) is 18.2 Å². The van der Waals surface area contributed by atoms with Crippen molar-refractivity contribution in [3.05, 3.63) is 23.8 Å². The number of aliphatic hydroxyl groups excluding tert-OH is 1. The highest BCUT2D eigenvalue weighted by Gasteiger charge is 2.20. The van der Waals surface area contributed by atoms with E-state index in [-0.39, 0.29) is 12.7 Å². The molecule has 0 aliphatic carbocycles. The molecule has 0 amide bonds. The molecule has 0 saturated heterocycles. The average Bonchev–Trinajstić information content (AvgIpc) is 2.16. The van der Waals surface area contributed by atoms with Crippen molar-refractivity contribution < 1.29 is 14.9 Å². The maximum atomic E-state index is 8.86. The smallest absolute Gasteiger partial charge is 0.168 e. The van der Waals surface area contributed by atoms with E-state index in [1.165, 1.54) is 0 Å². The number of aliphatic hydroxyl groups is 1. The summed E-state index contributed by atoms with van der Waals surface area (Å²) in [5.41, 5.74) is 1.03. The van der Waals surface area contributed by atoms with Crippen molar-refractivity contribution in [1.29, 1.82) is 0 Å². The number of hydrogen-bond acceptors (Lipinski definition) is 4. The Labute approximate surface area is 81.6 Å². The van der Waals surface area contributed by atoms with E-state index in [0.717, 1.165) is 10.5 Å². The minimum atomic E-state index is -0.261. The van der Waals surface area contributed by atoms with Gasteiger partial charge in [0.2, 0.25) is 0 Å². The Morgan fingerprint density at radius 2 is 2.38 bits per heavy atom. The van der Waals surface area contributed by atoms with Crippen molar-refractivity contribution >= 4 is 12.6 Å². The molecular formula is C9H10O3S. The second kappa shape index (κ2) is 3.57. The van der Waals surface area contributed by atoms with Crippen molar-refractivity contribution in [2.75, 3.05) is 6.61 Å². The molecule has 4 heteroatoms. The highest BCUT2D eigenvalue weighted by Crippen LogP contribution is 2.27. The Balaban J connectivity index is 2.27. The minimum Gasteiger partial charge on any atom is -0.393 e. The van der Waals surface area contributed by atoms with Crippen LogP contribution in [0.1, 0.15) is 5.56 Å². The molecule has 70 valence electrons. The van der Waals surface area contributed by atoms with Gasteiger partial charge in [-0.1, -0.05) is 0 Å². The van der Waals surface area contributed by atoms with Crippen LogP contribution in [0.25, 0.3) is 0 Å². The summed E-state index contributed by atoms with van der Waals surface area (Å²) in [6.45, 7) is -0.0315. The van der Waals surface area contributed by atoms with Gasteiger partial charge in [-0.05, 0) is 18.2 Å². The van der Waals surface area contributed by atoms with E-state index in [2.05, 4.69) is 12.6 Å². The van der Waals surface area contributed by atoms with Crippen molar-refractivity contribution in [3.8, 4) is 5.75 Å². The number of thiol groups is 1. The lowest BCUT2D eigenvalue weighted by Crippen LogP contribution is -2.26. The van der Waals surface area contributed by atoms with Crippen LogP contribution in [-0.2, 0) is 11.3 Å². The Morgan fingerprint density at radius 3 is 3.15 bits per heavy atom. The monoisotopic (exact) mass is 198 g/mol. The molecule has 0 radical (unpaired) electrons. The second-order valence-electron chi connectivity index (χ2n) is 2.98. The van der Waals surface area contributed by atoms with E-state index >= 15 is 0 Å². The molecule has 0 aromatic heterocycles. The lowest BCUT2D eigenvalue weighted by atomic mass is 10.1. The Hall–Kier alpha value is -0.710. The molecule has 1 aliphatic heterocycles. The molecule has 0 saturated carbocycles. The fraction of sp³-hybridized carbons (Fsp3) is 0.333. The summed E-state index contributed by atoms with van der Waals surface area (Å²) in [5.74, 6) is 0.711. The van der Waals surface area contributed by atoms with Crippen LogP contribution < -0.4 is 4.89 Å². The zero-order valence-corrected chi connectivity index (χ0v) is 7.83. The van der Waals surface area contributed by atoms with E-state index in [9.17, 15) is 0 Å². The molecule has 0 bridgehead atoms. The van der Waals surface area contributed by atoms with Crippen LogP contribution in [0.15, 0.2) is 23.1 Å². The minimum absolute atomic E-state index is 0.0315. The predicted octanol–water partition coefficient (Wildman–Crippen LogP) is 1.20. The van der Waals surface area contributed by atoms with Gasteiger partial charge < -0.3 is 9.99 Å². The summed E-state index contributed by atoms with van der Waals surface area (Å²) < 4.78 is 0. The van der Waals surface area contributed by atoms with Gasteiger partial charge in [0.05, 0.1) is 6.61 Å². The van der Waals surface area contributed by atoms with Crippen LogP contribution in [0.3, 0.4) is 0 Å². The molecule has 2 rings (SSSR count). The first-order chi connectivity index (χ1) is 6.29. The van der Waals surface area contributed by atoms with Gasteiger partial charge in [0.15, 0.2) is 5.75 Å². The maximum absolute atomic E-state index is 8.86. The topological polar surface area (TPSA) is 38.7 Å². The summed E-state index contributed by atoms with van der Waals surface area (Å²) in [4.78, 5) is 10.8. The van der Waals surface area contributed by atoms with E-state index in [4.69, 9.17) is 14.9 Å². The highest BCUT2D eigenvalue weighted by atomic mass is 32.1. The van der Waals surface area contributed by atoms with Crippen LogP contribution in [-0.4, -0.2) is 17.8 Å². The number of fused-ring (bicyclic) bond motifs is 1. The van der Waals surface area contributed by atoms with Gasteiger partial charge in [0, 0.05) is 16.9 Å². The van der Waals surface area contributed by atoms with E-state index < -0.39 is 0 Å². The molecular weight excluding hydrogens is 188 g/mol. The molecule has 1 aliphatic rings. The molecule has 0 fully saturated rings. The van der Waals surface area contributed by atoms with Crippen molar-refractivity contribution in [1.82, 2.24) is 0 Å². The fourth-order valence-corrected chi connectivity index (χ4v) is 1.53. The SMILES string of the molecule is OCC1Cc2cc(S)ccc2OO1. The number of benzene rings is 1. The molecule has 1 aromatic carbocycles. The van der Waals surface area contributed by atoms with Crippen molar-refractivity contribution in [2.45, 2.75) is 17.4 Å². The quantitative estimate of drug-likeness (QED) is 0.526. The summed E-state index contributed by atoms with van der Waals surface area (Å²) in [7, 11) is 0. The summed E-state index contributed by atoms with van der Waals surface area (Å²) >= 11 is 4.22. The van der Waals surface area contributed by atoms with Gasteiger partial charge in [-0.25, -0.2) is 0 Å². The lowest BCUT2D eigenvalue weighted by Gasteiger charge is -2.22. The first-order valence-corrected chi connectivity index (χ1v) is 4.50. The third-order valence-corrected chi connectivity index (χ3v) is 2.25. The van der Waals surface area contributed by atoms with Crippen molar-refractivity contribution in [3.63, 3.8) is 0 Å². The molecule has 1 aromatic rings. The first-order valence-electron chi connectivity index (χ1n) is 4.05. The van der Waals surface area contributed by atoms with Crippen LogP contribution in [0.2, 0.25) is 0 Å².